The average Bonchev–Trinajstić information content (AvgIpc) is 2.18. The van der Waals surface area contributed by atoms with Gasteiger partial charge in [0.15, 0.2) is 0 Å². The summed E-state index contributed by atoms with van der Waals surface area (Å²) in [6.07, 6.45) is 3.61. The normalized spacial score (nSPS) is 26.6. The Morgan fingerprint density at radius 2 is 2.06 bits per heavy atom. The van der Waals surface area contributed by atoms with E-state index < -0.39 is 0 Å². The molecule has 0 aromatic carbocycles. The fraction of sp³-hybridized carbons (Fsp3) is 0.769. The van der Waals surface area contributed by atoms with Gasteiger partial charge in [0.05, 0.1) is 0 Å². The van der Waals surface area contributed by atoms with Crippen LogP contribution in [0.1, 0.15) is 40.5 Å². The maximum Gasteiger partial charge on any atom is 0.246 e. The van der Waals surface area contributed by atoms with Crippen molar-refractivity contribution < 1.29 is 4.79 Å². The van der Waals surface area contributed by atoms with Crippen molar-refractivity contribution in [2.75, 3.05) is 6.54 Å². The molecular weight excluding hydrogens is 200 g/mol. The maximum atomic E-state index is 11.7. The molecule has 1 aliphatic heterocycles. The summed E-state index contributed by atoms with van der Waals surface area (Å²) >= 11 is 0. The van der Waals surface area contributed by atoms with Crippen molar-refractivity contribution in [1.29, 1.82) is 0 Å². The molecule has 0 bridgehead atoms. The van der Waals surface area contributed by atoms with Crippen LogP contribution in [0.3, 0.4) is 0 Å². The van der Waals surface area contributed by atoms with Gasteiger partial charge in [-0.05, 0) is 46.6 Å². The zero-order chi connectivity index (χ0) is 12.3. The Hall–Kier alpha value is -0.830. The van der Waals surface area contributed by atoms with Gasteiger partial charge in [0.1, 0.15) is 0 Å². The lowest BCUT2D eigenvalue weighted by Gasteiger charge is -2.40. The Morgan fingerprint density at radius 1 is 1.44 bits per heavy atom. The molecule has 1 rings (SSSR count). The van der Waals surface area contributed by atoms with Gasteiger partial charge in [0.25, 0.3) is 0 Å². The number of carbonyl (C=O) groups excluding carboxylic acids is 1. The van der Waals surface area contributed by atoms with Crippen LogP contribution in [0.15, 0.2) is 12.7 Å². The lowest BCUT2D eigenvalue weighted by Crippen LogP contribution is -2.55. The van der Waals surface area contributed by atoms with E-state index in [4.69, 9.17) is 0 Å². The Morgan fingerprint density at radius 3 is 2.56 bits per heavy atom. The second-order valence-corrected chi connectivity index (χ2v) is 5.71. The SMILES string of the molecule is C=CC(=O)N1C[C@@H](NC(C)(C)C)CC[C@H]1C. The molecule has 3 nitrogen and oxygen atoms in total. The lowest BCUT2D eigenvalue weighted by molar-refractivity contribution is -0.129. The van der Waals surface area contributed by atoms with Crippen molar-refractivity contribution >= 4 is 5.91 Å². The highest BCUT2D eigenvalue weighted by Gasteiger charge is 2.29. The summed E-state index contributed by atoms with van der Waals surface area (Å²) in [5, 5.41) is 3.56. The van der Waals surface area contributed by atoms with Crippen LogP contribution in [0.5, 0.6) is 0 Å². The first-order valence-electron chi connectivity index (χ1n) is 6.04. The highest BCUT2D eigenvalue weighted by Crippen LogP contribution is 2.19. The van der Waals surface area contributed by atoms with Crippen LogP contribution in [0.4, 0.5) is 0 Å². The number of amides is 1. The summed E-state index contributed by atoms with van der Waals surface area (Å²) in [5.41, 5.74) is 0.105. The first-order chi connectivity index (χ1) is 7.33. The van der Waals surface area contributed by atoms with Crippen LogP contribution < -0.4 is 5.32 Å². The molecule has 3 heteroatoms. The molecule has 1 N–H and O–H groups in total. The number of likely N-dealkylation sites (tertiary alicyclic amines) is 1. The van der Waals surface area contributed by atoms with Crippen LogP contribution in [0.25, 0.3) is 0 Å². The molecule has 0 aromatic rings. The zero-order valence-electron chi connectivity index (χ0n) is 10.9. The number of carbonyl (C=O) groups is 1. The largest absolute Gasteiger partial charge is 0.335 e. The third-order valence-corrected chi connectivity index (χ3v) is 2.98. The minimum atomic E-state index is 0.0490. The maximum absolute atomic E-state index is 11.7. The van der Waals surface area contributed by atoms with E-state index in [1.807, 2.05) is 4.90 Å². The topological polar surface area (TPSA) is 32.3 Å². The van der Waals surface area contributed by atoms with E-state index >= 15 is 0 Å². The number of nitrogens with one attached hydrogen (secondary N) is 1. The molecule has 0 unspecified atom stereocenters. The molecule has 0 radical (unpaired) electrons. The summed E-state index contributed by atoms with van der Waals surface area (Å²) < 4.78 is 0. The molecule has 1 aliphatic rings. The molecule has 0 aliphatic carbocycles. The van der Waals surface area contributed by atoms with Gasteiger partial charge in [-0.1, -0.05) is 6.58 Å². The Kier molecular flexibility index (Phi) is 4.14. The monoisotopic (exact) mass is 224 g/mol. The molecule has 0 spiro atoms. The summed E-state index contributed by atoms with van der Waals surface area (Å²) in [6, 6.07) is 0.739. The lowest BCUT2D eigenvalue weighted by atomic mass is 9.96. The fourth-order valence-electron chi connectivity index (χ4n) is 2.26. The van der Waals surface area contributed by atoms with Crippen LogP contribution in [0, 0.1) is 0 Å². The molecule has 0 aromatic heterocycles. The van der Waals surface area contributed by atoms with E-state index in [9.17, 15) is 4.79 Å². The van der Waals surface area contributed by atoms with Gasteiger partial charge in [-0.25, -0.2) is 0 Å². The van der Waals surface area contributed by atoms with Crippen LogP contribution in [-0.4, -0.2) is 35.0 Å². The molecule has 1 saturated heterocycles. The first kappa shape index (κ1) is 13.2. The van der Waals surface area contributed by atoms with Crippen molar-refractivity contribution in [2.24, 2.45) is 0 Å². The second kappa shape index (κ2) is 5.00. The average molecular weight is 224 g/mol. The summed E-state index contributed by atoms with van der Waals surface area (Å²) in [4.78, 5) is 13.6. The Bertz CT molecular complexity index is 268. The van der Waals surface area contributed by atoms with Crippen molar-refractivity contribution in [1.82, 2.24) is 10.2 Å². The van der Waals surface area contributed by atoms with Crippen molar-refractivity contribution in [2.45, 2.75) is 58.2 Å². The second-order valence-electron chi connectivity index (χ2n) is 5.71. The minimum Gasteiger partial charge on any atom is -0.335 e. The van der Waals surface area contributed by atoms with Gasteiger partial charge in [-0.15, -0.1) is 0 Å². The zero-order valence-corrected chi connectivity index (χ0v) is 10.9. The standard InChI is InChI=1S/C13H24N2O/c1-6-12(16)15-9-11(8-7-10(15)2)14-13(3,4)5/h6,10-11,14H,1,7-9H2,2-5H3/t10-,11+/m1/s1. The van der Waals surface area contributed by atoms with Gasteiger partial charge >= 0.3 is 0 Å². The van der Waals surface area contributed by atoms with E-state index in [0.29, 0.717) is 12.1 Å². The smallest absolute Gasteiger partial charge is 0.246 e. The van der Waals surface area contributed by atoms with E-state index in [0.717, 1.165) is 19.4 Å². The third kappa shape index (κ3) is 3.63. The van der Waals surface area contributed by atoms with E-state index in [2.05, 4.69) is 39.6 Å². The van der Waals surface area contributed by atoms with E-state index in [-0.39, 0.29) is 11.4 Å². The quantitative estimate of drug-likeness (QED) is 0.727. The fourth-order valence-corrected chi connectivity index (χ4v) is 2.26. The van der Waals surface area contributed by atoms with Gasteiger partial charge in [0, 0.05) is 24.2 Å². The summed E-state index contributed by atoms with van der Waals surface area (Å²) in [7, 11) is 0. The number of piperidine rings is 1. The Labute approximate surface area is 98.9 Å². The molecule has 2 atom stereocenters. The van der Waals surface area contributed by atoms with Gasteiger partial charge in [-0.2, -0.15) is 0 Å². The molecule has 0 saturated carbocycles. The predicted octanol–water partition coefficient (Wildman–Crippen LogP) is 1.94. The first-order valence-corrected chi connectivity index (χ1v) is 6.04. The third-order valence-electron chi connectivity index (χ3n) is 2.98. The molecule has 16 heavy (non-hydrogen) atoms. The van der Waals surface area contributed by atoms with Gasteiger partial charge in [-0.3, -0.25) is 4.79 Å². The molecule has 1 fully saturated rings. The molecule has 92 valence electrons. The minimum absolute atomic E-state index is 0.0490. The molecular formula is C13H24N2O. The Balaban J connectivity index is 2.60. The highest BCUT2D eigenvalue weighted by molar-refractivity contribution is 5.87. The van der Waals surface area contributed by atoms with Crippen LogP contribution >= 0.6 is 0 Å². The van der Waals surface area contributed by atoms with E-state index in [1.165, 1.54) is 6.08 Å². The molecule has 1 heterocycles. The summed E-state index contributed by atoms with van der Waals surface area (Å²) in [5.74, 6) is 0.0490. The van der Waals surface area contributed by atoms with Gasteiger partial charge < -0.3 is 10.2 Å². The van der Waals surface area contributed by atoms with Crippen molar-refractivity contribution in [3.63, 3.8) is 0 Å². The van der Waals surface area contributed by atoms with Crippen LogP contribution in [-0.2, 0) is 4.79 Å². The van der Waals surface area contributed by atoms with Crippen molar-refractivity contribution in [3.8, 4) is 0 Å². The number of hydrogen-bond donors (Lipinski definition) is 1. The predicted molar refractivity (Wildman–Crippen MR) is 67.3 cm³/mol. The summed E-state index contributed by atoms with van der Waals surface area (Å²) in [6.45, 7) is 12.9. The van der Waals surface area contributed by atoms with Crippen LogP contribution in [0.2, 0.25) is 0 Å². The number of nitrogens with zero attached hydrogens (tertiary/aromatic N) is 1. The highest BCUT2D eigenvalue weighted by atomic mass is 16.2. The van der Waals surface area contributed by atoms with E-state index in [1.54, 1.807) is 0 Å². The van der Waals surface area contributed by atoms with Gasteiger partial charge in [0.2, 0.25) is 5.91 Å². The molecule has 1 amide bonds. The number of rotatable bonds is 2. The van der Waals surface area contributed by atoms with Crippen molar-refractivity contribution in [3.05, 3.63) is 12.7 Å². The number of hydrogen-bond acceptors (Lipinski definition) is 2.